The zero-order valence-electron chi connectivity index (χ0n) is 25.4. The highest BCUT2D eigenvalue weighted by Gasteiger charge is 2.38. The van der Waals surface area contributed by atoms with Gasteiger partial charge in [0.05, 0.1) is 17.7 Å². The zero-order valence-corrected chi connectivity index (χ0v) is 25.4. The second-order valence-electron chi connectivity index (χ2n) is 12.6. The molecule has 1 saturated carbocycles. The first-order chi connectivity index (χ1) is 21.5. The first kappa shape index (κ1) is 29.7. The van der Waals surface area contributed by atoms with Crippen LogP contribution in [0.15, 0.2) is 72.9 Å². The average molecular weight is 592 g/mol. The van der Waals surface area contributed by atoms with Crippen LogP contribution >= 0.6 is 0 Å². The van der Waals surface area contributed by atoms with Gasteiger partial charge in [0.2, 0.25) is 5.91 Å². The molecule has 8 nitrogen and oxygen atoms in total. The Balaban J connectivity index is 1.28. The highest BCUT2D eigenvalue weighted by Crippen LogP contribution is 2.39. The molecule has 2 fully saturated rings. The number of rotatable bonds is 5. The van der Waals surface area contributed by atoms with E-state index >= 15 is 0 Å². The maximum atomic E-state index is 14.2. The van der Waals surface area contributed by atoms with Gasteiger partial charge in [0.1, 0.15) is 17.6 Å². The van der Waals surface area contributed by atoms with Gasteiger partial charge in [0, 0.05) is 57.3 Å². The van der Waals surface area contributed by atoms with E-state index in [0.29, 0.717) is 61.4 Å². The smallest absolute Gasteiger partial charge is 0.257 e. The van der Waals surface area contributed by atoms with Gasteiger partial charge in [0.25, 0.3) is 5.91 Å². The van der Waals surface area contributed by atoms with Crippen molar-refractivity contribution in [1.82, 2.24) is 14.8 Å². The maximum absolute atomic E-state index is 14.2. The van der Waals surface area contributed by atoms with Gasteiger partial charge >= 0.3 is 0 Å². The van der Waals surface area contributed by atoms with Crippen LogP contribution in [0.4, 0.5) is 5.82 Å². The summed E-state index contributed by atoms with van der Waals surface area (Å²) < 4.78 is 6.56. The molecule has 1 aliphatic carbocycles. The lowest BCUT2D eigenvalue weighted by Crippen LogP contribution is -2.46. The Labute approximate surface area is 260 Å². The number of hydrogen-bond acceptors (Lipinski definition) is 6. The van der Waals surface area contributed by atoms with Crippen molar-refractivity contribution in [2.45, 2.75) is 51.5 Å². The van der Waals surface area contributed by atoms with Crippen molar-refractivity contribution in [3.8, 4) is 11.8 Å². The summed E-state index contributed by atoms with van der Waals surface area (Å²) in [6, 6.07) is 23.5. The fourth-order valence-corrected chi connectivity index (χ4v) is 6.49. The molecule has 2 amide bonds. The Morgan fingerprint density at radius 1 is 0.932 bits per heavy atom. The van der Waals surface area contributed by atoms with Crippen molar-refractivity contribution in [3.63, 3.8) is 0 Å². The number of carbonyl (C=O) groups is 2. The van der Waals surface area contributed by atoms with Crippen LogP contribution in [0.1, 0.15) is 66.4 Å². The van der Waals surface area contributed by atoms with Crippen molar-refractivity contribution in [3.05, 3.63) is 89.6 Å². The number of hydrogen-bond donors (Lipinski definition) is 0. The number of carbonyl (C=O) groups excluding carboxylic acids is 2. The van der Waals surface area contributed by atoms with Gasteiger partial charge in [-0.3, -0.25) is 9.59 Å². The summed E-state index contributed by atoms with van der Waals surface area (Å²) >= 11 is 0. The van der Waals surface area contributed by atoms with Crippen LogP contribution in [0.25, 0.3) is 0 Å². The largest absolute Gasteiger partial charge is 0.492 e. The van der Waals surface area contributed by atoms with E-state index in [9.17, 15) is 14.9 Å². The highest BCUT2D eigenvalue weighted by atomic mass is 16.5. The predicted molar refractivity (Wildman–Crippen MR) is 169 cm³/mol. The number of anilines is 1. The van der Waals surface area contributed by atoms with E-state index in [0.717, 1.165) is 56.7 Å². The number of ether oxygens (including phenoxy) is 1. The van der Waals surface area contributed by atoms with Crippen LogP contribution in [0, 0.1) is 22.7 Å². The topological polar surface area (TPSA) is 89.8 Å². The minimum Gasteiger partial charge on any atom is -0.492 e. The number of nitrogens with zero attached hydrogens (tertiary/aromatic N) is 5. The summed E-state index contributed by atoms with van der Waals surface area (Å²) in [4.78, 5) is 37.9. The standard InChI is InChI=1S/C36H41N5O3/c37-24-30-13-14-33(38-25-30)39-18-6-15-36(16-19-40(20-17-36)34(42)23-28-11-12-28)27-44-32-10-5-4-9-31(32)35(43)41(22-21-39)26-29-7-2-1-3-8-29/h1-5,7-10,13-14,25,28H,6,11-12,15-23,26-27H2. The van der Waals surface area contributed by atoms with Crippen molar-refractivity contribution in [2.75, 3.05) is 44.2 Å². The van der Waals surface area contributed by atoms with Gasteiger partial charge < -0.3 is 19.4 Å². The molecule has 1 saturated heterocycles. The molecule has 228 valence electrons. The van der Waals surface area contributed by atoms with Gasteiger partial charge in [-0.05, 0) is 74.3 Å². The summed E-state index contributed by atoms with van der Waals surface area (Å²) in [5.74, 6) is 2.24. The number of amides is 2. The zero-order chi connectivity index (χ0) is 30.4. The number of aromatic nitrogens is 1. The predicted octanol–water partition coefficient (Wildman–Crippen LogP) is 5.68. The number of piperidine rings is 1. The van der Waals surface area contributed by atoms with Crippen molar-refractivity contribution in [2.24, 2.45) is 11.3 Å². The molecule has 8 heteroatoms. The van der Waals surface area contributed by atoms with Crippen LogP contribution in [0.3, 0.4) is 0 Å². The Kier molecular flexibility index (Phi) is 9.11. The summed E-state index contributed by atoms with van der Waals surface area (Å²) in [6.45, 7) is 4.38. The van der Waals surface area contributed by atoms with Crippen molar-refractivity contribution >= 4 is 17.6 Å². The Bertz CT molecular complexity index is 1470. The molecule has 0 N–H and O–H groups in total. The molecule has 3 aliphatic rings. The molecule has 0 bridgehead atoms. The van der Waals surface area contributed by atoms with E-state index in [1.54, 1.807) is 12.3 Å². The van der Waals surface area contributed by atoms with Crippen molar-refractivity contribution in [1.29, 1.82) is 5.26 Å². The summed E-state index contributed by atoms with van der Waals surface area (Å²) in [5, 5.41) is 9.31. The first-order valence-corrected chi connectivity index (χ1v) is 16.0. The second-order valence-corrected chi connectivity index (χ2v) is 12.6. The van der Waals surface area contributed by atoms with Gasteiger partial charge in [-0.1, -0.05) is 42.5 Å². The molecule has 6 rings (SSSR count). The third kappa shape index (κ3) is 7.21. The van der Waals surface area contributed by atoms with Gasteiger partial charge in [-0.25, -0.2) is 4.98 Å². The monoisotopic (exact) mass is 591 g/mol. The van der Waals surface area contributed by atoms with E-state index in [1.165, 1.54) is 12.8 Å². The SMILES string of the molecule is N#Cc1ccc(N2CCCC3(CCN(C(=O)CC4CC4)CC3)COc3ccccc3C(=O)N(Cc3ccccc3)CC2)nc1. The quantitative estimate of drug-likeness (QED) is 0.379. The lowest BCUT2D eigenvalue weighted by atomic mass is 9.75. The molecule has 1 aromatic heterocycles. The Hall–Kier alpha value is -4.38. The van der Waals surface area contributed by atoms with E-state index in [4.69, 9.17) is 4.74 Å². The number of nitriles is 1. The van der Waals surface area contributed by atoms with Crippen LogP contribution in [-0.2, 0) is 11.3 Å². The molecule has 0 radical (unpaired) electrons. The summed E-state index contributed by atoms with van der Waals surface area (Å²) in [6.07, 6.45) is 8.31. The molecule has 3 heterocycles. The van der Waals surface area contributed by atoms with Crippen LogP contribution < -0.4 is 9.64 Å². The number of benzene rings is 2. The van der Waals surface area contributed by atoms with Crippen LogP contribution in [0.2, 0.25) is 0 Å². The summed E-state index contributed by atoms with van der Waals surface area (Å²) in [5.41, 5.74) is 2.07. The van der Waals surface area contributed by atoms with E-state index in [1.807, 2.05) is 65.6 Å². The van der Waals surface area contributed by atoms with E-state index in [2.05, 4.69) is 20.9 Å². The molecule has 2 aliphatic heterocycles. The van der Waals surface area contributed by atoms with Crippen LogP contribution in [-0.4, -0.2) is 65.9 Å². The van der Waals surface area contributed by atoms with Crippen molar-refractivity contribution < 1.29 is 14.3 Å². The molecule has 44 heavy (non-hydrogen) atoms. The lowest BCUT2D eigenvalue weighted by Gasteiger charge is -2.42. The normalized spacial score (nSPS) is 19.2. The lowest BCUT2D eigenvalue weighted by molar-refractivity contribution is -0.134. The molecular weight excluding hydrogens is 550 g/mol. The number of likely N-dealkylation sites (tertiary alicyclic amines) is 1. The number of pyridine rings is 1. The molecule has 0 atom stereocenters. The third-order valence-corrected chi connectivity index (χ3v) is 9.47. The second kappa shape index (κ2) is 13.5. The average Bonchev–Trinajstić information content (AvgIpc) is 3.89. The minimum atomic E-state index is -0.0892. The molecule has 0 unspecified atom stereocenters. The Morgan fingerprint density at radius 3 is 2.43 bits per heavy atom. The maximum Gasteiger partial charge on any atom is 0.257 e. The fourth-order valence-electron chi connectivity index (χ4n) is 6.49. The molecule has 3 aromatic rings. The molecular formula is C36H41N5O3. The highest BCUT2D eigenvalue weighted by molar-refractivity contribution is 5.97. The van der Waals surface area contributed by atoms with Gasteiger partial charge in [-0.15, -0.1) is 0 Å². The fraction of sp³-hybridized carbons (Fsp3) is 0.444. The van der Waals surface area contributed by atoms with Gasteiger partial charge in [-0.2, -0.15) is 5.26 Å². The minimum absolute atomic E-state index is 0.0639. The summed E-state index contributed by atoms with van der Waals surface area (Å²) in [7, 11) is 0. The molecule has 1 spiro atoms. The number of fused-ring (bicyclic) bond motifs is 1. The Morgan fingerprint density at radius 2 is 1.70 bits per heavy atom. The molecule has 2 aromatic carbocycles. The third-order valence-electron chi connectivity index (χ3n) is 9.47. The first-order valence-electron chi connectivity index (χ1n) is 16.0. The van der Waals surface area contributed by atoms with E-state index < -0.39 is 0 Å². The van der Waals surface area contributed by atoms with Crippen LogP contribution in [0.5, 0.6) is 5.75 Å². The number of para-hydroxylation sites is 1. The van der Waals surface area contributed by atoms with E-state index in [-0.39, 0.29) is 11.3 Å². The van der Waals surface area contributed by atoms with Gasteiger partial charge in [0.15, 0.2) is 0 Å².